The smallest absolute Gasteiger partial charge is 0.254 e. The third kappa shape index (κ3) is 4.41. The van der Waals surface area contributed by atoms with Crippen molar-refractivity contribution in [3.8, 4) is 22.6 Å². The van der Waals surface area contributed by atoms with E-state index in [4.69, 9.17) is 14.2 Å². The number of methoxy groups -OCH3 is 1. The predicted molar refractivity (Wildman–Crippen MR) is 145 cm³/mol. The number of nitrogens with zero attached hydrogens (tertiary/aromatic N) is 1. The van der Waals surface area contributed by atoms with E-state index >= 15 is 0 Å². The van der Waals surface area contributed by atoms with E-state index in [9.17, 15) is 9.59 Å². The third-order valence-electron chi connectivity index (χ3n) is 8.05. The average Bonchev–Trinajstić information content (AvgIpc) is 3.39. The van der Waals surface area contributed by atoms with Gasteiger partial charge in [-0.25, -0.2) is 0 Å². The first-order valence-corrected chi connectivity index (χ1v) is 13.2. The van der Waals surface area contributed by atoms with Crippen molar-refractivity contribution in [2.24, 2.45) is 0 Å². The molecule has 0 unspecified atom stereocenters. The molecule has 0 spiro atoms. The average molecular weight is 513 g/mol. The molecule has 7 nitrogen and oxygen atoms in total. The number of anilines is 1. The maximum absolute atomic E-state index is 13.4. The lowest BCUT2D eigenvalue weighted by Gasteiger charge is -2.24. The highest BCUT2D eigenvalue weighted by Crippen LogP contribution is 2.51. The standard InChI is InChI=1S/C31H32N2O5/c1-20-5-11-24(32-30(35)31(13-14-31)23-10-12-27-28(16-23)38-19-37-27)17-26(20)21-6-8-22(9-7-21)29(34)33-15-3-4-25(33)18-36-2/h5-12,16-17,25H,3-4,13-15,18-19H2,1-2H3,(H,32,35)/t25-/m1/s1. The van der Waals surface area contributed by atoms with Crippen LogP contribution >= 0.6 is 0 Å². The molecule has 7 heteroatoms. The summed E-state index contributed by atoms with van der Waals surface area (Å²) in [7, 11) is 1.68. The Morgan fingerprint density at radius 1 is 1.03 bits per heavy atom. The van der Waals surface area contributed by atoms with Gasteiger partial charge in [-0.05, 0) is 91.3 Å². The Hall–Kier alpha value is -3.84. The number of ether oxygens (including phenoxy) is 3. The summed E-state index contributed by atoms with van der Waals surface area (Å²) < 4.78 is 16.2. The SMILES string of the molecule is COC[C@H]1CCCN1C(=O)c1ccc(-c2cc(NC(=O)C3(c4ccc5c(c4)OCO5)CC3)ccc2C)cc1. The highest BCUT2D eigenvalue weighted by molar-refractivity contribution is 6.02. The molecule has 1 aliphatic carbocycles. The van der Waals surface area contributed by atoms with Crippen LogP contribution in [0.1, 0.15) is 47.2 Å². The molecule has 0 bridgehead atoms. The van der Waals surface area contributed by atoms with Gasteiger partial charge in [-0.3, -0.25) is 9.59 Å². The zero-order chi connectivity index (χ0) is 26.3. The summed E-state index contributed by atoms with van der Waals surface area (Å²) in [5.74, 6) is 1.45. The lowest BCUT2D eigenvalue weighted by molar-refractivity contribution is -0.118. The first-order valence-electron chi connectivity index (χ1n) is 13.2. The summed E-state index contributed by atoms with van der Waals surface area (Å²) in [5.41, 5.74) is 4.97. The van der Waals surface area contributed by atoms with Crippen LogP contribution in [-0.2, 0) is 14.9 Å². The number of amides is 2. The number of rotatable bonds is 7. The van der Waals surface area contributed by atoms with Gasteiger partial charge in [0.1, 0.15) is 0 Å². The molecule has 1 saturated carbocycles. The van der Waals surface area contributed by atoms with Crippen molar-refractivity contribution in [1.82, 2.24) is 4.90 Å². The largest absolute Gasteiger partial charge is 0.454 e. The number of hydrogen-bond acceptors (Lipinski definition) is 5. The van der Waals surface area contributed by atoms with Crippen LogP contribution in [-0.4, -0.2) is 49.8 Å². The number of carbonyl (C=O) groups is 2. The summed E-state index contributed by atoms with van der Waals surface area (Å²) in [6, 6.07) is 19.6. The Morgan fingerprint density at radius 3 is 2.58 bits per heavy atom. The fraction of sp³-hybridized carbons (Fsp3) is 0.355. The van der Waals surface area contributed by atoms with Gasteiger partial charge < -0.3 is 24.4 Å². The van der Waals surface area contributed by atoms with Gasteiger partial charge in [0, 0.05) is 24.9 Å². The number of carbonyl (C=O) groups excluding carboxylic acids is 2. The van der Waals surface area contributed by atoms with E-state index in [1.54, 1.807) is 7.11 Å². The third-order valence-corrected chi connectivity index (χ3v) is 8.05. The van der Waals surface area contributed by atoms with Crippen LogP contribution in [0, 0.1) is 6.92 Å². The van der Waals surface area contributed by atoms with Crippen molar-refractivity contribution in [3.05, 3.63) is 77.4 Å². The molecule has 2 aliphatic heterocycles. The predicted octanol–water partition coefficient (Wildman–Crippen LogP) is 5.31. The Morgan fingerprint density at radius 2 is 1.82 bits per heavy atom. The van der Waals surface area contributed by atoms with Gasteiger partial charge in [0.25, 0.3) is 5.91 Å². The Labute approximate surface area is 222 Å². The Bertz CT molecular complexity index is 1380. The molecule has 2 fully saturated rings. The normalized spacial score (nSPS) is 18.9. The first kappa shape index (κ1) is 24.5. The number of benzene rings is 3. The zero-order valence-electron chi connectivity index (χ0n) is 21.8. The maximum atomic E-state index is 13.4. The van der Waals surface area contributed by atoms with Crippen LogP contribution in [0.3, 0.4) is 0 Å². The van der Waals surface area contributed by atoms with Crippen molar-refractivity contribution in [1.29, 1.82) is 0 Å². The number of aryl methyl sites for hydroxylation is 1. The second-order valence-electron chi connectivity index (χ2n) is 10.5. The molecule has 3 aromatic rings. The Balaban J connectivity index is 1.19. The summed E-state index contributed by atoms with van der Waals surface area (Å²) in [6.45, 7) is 3.60. The van der Waals surface area contributed by atoms with E-state index < -0.39 is 5.41 Å². The highest BCUT2D eigenvalue weighted by atomic mass is 16.7. The summed E-state index contributed by atoms with van der Waals surface area (Å²) >= 11 is 0. The molecule has 38 heavy (non-hydrogen) atoms. The van der Waals surface area contributed by atoms with E-state index in [2.05, 4.69) is 12.2 Å². The Kier molecular flexibility index (Phi) is 6.32. The molecule has 0 aromatic heterocycles. The van der Waals surface area contributed by atoms with Crippen LogP contribution in [0.25, 0.3) is 11.1 Å². The van der Waals surface area contributed by atoms with Gasteiger partial charge in [-0.15, -0.1) is 0 Å². The van der Waals surface area contributed by atoms with E-state index in [1.807, 2.05) is 65.6 Å². The number of likely N-dealkylation sites (tertiary alicyclic amines) is 1. The molecule has 2 amide bonds. The second-order valence-corrected chi connectivity index (χ2v) is 10.5. The monoisotopic (exact) mass is 512 g/mol. The van der Waals surface area contributed by atoms with Crippen LogP contribution in [0.15, 0.2) is 60.7 Å². The van der Waals surface area contributed by atoms with Crippen LogP contribution in [0.5, 0.6) is 11.5 Å². The molecule has 1 N–H and O–H groups in total. The molecule has 1 saturated heterocycles. The van der Waals surface area contributed by atoms with Gasteiger partial charge in [0.05, 0.1) is 18.1 Å². The van der Waals surface area contributed by atoms with Gasteiger partial charge in [0.2, 0.25) is 12.7 Å². The van der Waals surface area contributed by atoms with Crippen LogP contribution in [0.4, 0.5) is 5.69 Å². The minimum absolute atomic E-state index is 0.0108. The van der Waals surface area contributed by atoms with Gasteiger partial charge in [-0.2, -0.15) is 0 Å². The van der Waals surface area contributed by atoms with E-state index in [1.165, 1.54) is 0 Å². The molecule has 196 valence electrons. The van der Waals surface area contributed by atoms with E-state index in [-0.39, 0.29) is 24.6 Å². The van der Waals surface area contributed by atoms with Crippen molar-refractivity contribution in [2.45, 2.75) is 44.1 Å². The van der Waals surface area contributed by atoms with E-state index in [0.29, 0.717) is 17.9 Å². The molecule has 0 radical (unpaired) electrons. The van der Waals surface area contributed by atoms with Crippen molar-refractivity contribution in [3.63, 3.8) is 0 Å². The second kappa shape index (κ2) is 9.80. The molecular weight excluding hydrogens is 480 g/mol. The molecule has 3 aliphatic rings. The lowest BCUT2D eigenvalue weighted by Crippen LogP contribution is -2.38. The lowest BCUT2D eigenvalue weighted by atomic mass is 9.94. The summed E-state index contributed by atoms with van der Waals surface area (Å²) in [4.78, 5) is 28.4. The van der Waals surface area contributed by atoms with Gasteiger partial charge in [-0.1, -0.05) is 24.3 Å². The van der Waals surface area contributed by atoms with Crippen molar-refractivity contribution in [2.75, 3.05) is 32.4 Å². The van der Waals surface area contributed by atoms with Crippen molar-refractivity contribution >= 4 is 17.5 Å². The quantitative estimate of drug-likeness (QED) is 0.464. The van der Waals surface area contributed by atoms with Crippen LogP contribution < -0.4 is 14.8 Å². The van der Waals surface area contributed by atoms with Gasteiger partial charge >= 0.3 is 0 Å². The molecule has 2 heterocycles. The number of hydrogen-bond donors (Lipinski definition) is 1. The summed E-state index contributed by atoms with van der Waals surface area (Å²) in [5, 5.41) is 3.15. The molecule has 6 rings (SSSR count). The fourth-order valence-corrected chi connectivity index (χ4v) is 5.65. The minimum Gasteiger partial charge on any atom is -0.454 e. The molecule has 3 aromatic carbocycles. The zero-order valence-corrected chi connectivity index (χ0v) is 21.8. The van der Waals surface area contributed by atoms with Gasteiger partial charge in [0.15, 0.2) is 11.5 Å². The molecule has 1 atom stereocenters. The topological polar surface area (TPSA) is 77.1 Å². The fourth-order valence-electron chi connectivity index (χ4n) is 5.65. The first-order chi connectivity index (χ1) is 18.5. The van der Waals surface area contributed by atoms with Crippen LogP contribution in [0.2, 0.25) is 0 Å². The maximum Gasteiger partial charge on any atom is 0.254 e. The van der Waals surface area contributed by atoms with E-state index in [0.717, 1.165) is 65.9 Å². The number of fused-ring (bicyclic) bond motifs is 1. The van der Waals surface area contributed by atoms with Crippen molar-refractivity contribution < 1.29 is 23.8 Å². The highest BCUT2D eigenvalue weighted by Gasteiger charge is 2.51. The number of nitrogens with one attached hydrogen (secondary N) is 1. The minimum atomic E-state index is -0.537. The summed E-state index contributed by atoms with van der Waals surface area (Å²) in [6.07, 6.45) is 3.58. The molecular formula is C31H32N2O5.